The van der Waals surface area contributed by atoms with Crippen molar-refractivity contribution in [1.82, 2.24) is 4.98 Å². The summed E-state index contributed by atoms with van der Waals surface area (Å²) in [4.78, 5) is 5.50. The van der Waals surface area contributed by atoms with Crippen LogP contribution >= 0.6 is 11.8 Å². The normalized spacial score (nSPS) is 12.2. The lowest BCUT2D eigenvalue weighted by molar-refractivity contribution is 0.413. The number of methoxy groups -OCH3 is 1. The van der Waals surface area contributed by atoms with Crippen LogP contribution < -0.4 is 10.5 Å². The summed E-state index contributed by atoms with van der Waals surface area (Å²) in [5.74, 6) is 0.854. The van der Waals surface area contributed by atoms with Gasteiger partial charge in [0.05, 0.1) is 7.11 Å². The third-order valence-electron chi connectivity index (χ3n) is 2.55. The van der Waals surface area contributed by atoms with Crippen molar-refractivity contribution in [3.05, 3.63) is 48.2 Å². The smallest absolute Gasteiger partial charge is 0.119 e. The van der Waals surface area contributed by atoms with Gasteiger partial charge in [0.15, 0.2) is 0 Å². The van der Waals surface area contributed by atoms with Crippen molar-refractivity contribution in [3.8, 4) is 5.75 Å². The summed E-state index contributed by atoms with van der Waals surface area (Å²) in [6.45, 7) is 1.95. The van der Waals surface area contributed by atoms with Crippen molar-refractivity contribution in [2.45, 2.75) is 22.9 Å². The molecule has 0 saturated carbocycles. The molecule has 18 heavy (non-hydrogen) atoms. The fourth-order valence-electron chi connectivity index (χ4n) is 1.51. The zero-order valence-corrected chi connectivity index (χ0v) is 11.3. The highest BCUT2D eigenvalue weighted by molar-refractivity contribution is 7.99. The van der Waals surface area contributed by atoms with E-state index in [1.54, 1.807) is 18.9 Å². The summed E-state index contributed by atoms with van der Waals surface area (Å²) in [6.07, 6.45) is 1.83. The molecule has 0 aliphatic rings. The number of aromatic nitrogens is 1. The maximum atomic E-state index is 5.79. The molecule has 4 heteroatoms. The maximum absolute atomic E-state index is 5.79. The molecule has 0 aliphatic heterocycles. The van der Waals surface area contributed by atoms with Gasteiger partial charge in [0, 0.05) is 17.1 Å². The van der Waals surface area contributed by atoms with Gasteiger partial charge in [0.2, 0.25) is 0 Å². The third-order valence-corrected chi connectivity index (χ3v) is 3.49. The van der Waals surface area contributed by atoms with Crippen molar-refractivity contribution in [2.75, 3.05) is 7.11 Å². The summed E-state index contributed by atoms with van der Waals surface area (Å²) >= 11 is 1.61. The van der Waals surface area contributed by atoms with Crippen molar-refractivity contribution >= 4 is 11.8 Å². The van der Waals surface area contributed by atoms with Crippen molar-refractivity contribution in [1.29, 1.82) is 0 Å². The van der Waals surface area contributed by atoms with E-state index in [2.05, 4.69) is 4.98 Å². The molecular formula is C14H16N2OS. The molecule has 1 heterocycles. The van der Waals surface area contributed by atoms with Crippen LogP contribution in [0.25, 0.3) is 0 Å². The van der Waals surface area contributed by atoms with Gasteiger partial charge in [-0.2, -0.15) is 0 Å². The number of nitrogens with zero attached hydrogens (tertiary/aromatic N) is 1. The molecule has 0 fully saturated rings. The summed E-state index contributed by atoms with van der Waals surface area (Å²) in [5, 5.41) is 0.952. The average Bonchev–Trinajstić information content (AvgIpc) is 2.39. The summed E-state index contributed by atoms with van der Waals surface area (Å²) in [7, 11) is 1.67. The van der Waals surface area contributed by atoms with E-state index >= 15 is 0 Å². The molecule has 0 aliphatic carbocycles. The van der Waals surface area contributed by atoms with Gasteiger partial charge in [-0.15, -0.1) is 0 Å². The maximum Gasteiger partial charge on any atom is 0.119 e. The highest BCUT2D eigenvalue weighted by Gasteiger charge is 2.03. The molecule has 0 radical (unpaired) electrons. The van der Waals surface area contributed by atoms with E-state index < -0.39 is 0 Å². The van der Waals surface area contributed by atoms with Crippen LogP contribution in [0, 0.1) is 0 Å². The molecule has 0 bridgehead atoms. The van der Waals surface area contributed by atoms with Crippen LogP contribution in [-0.4, -0.2) is 12.1 Å². The highest BCUT2D eigenvalue weighted by Crippen LogP contribution is 2.28. The molecule has 2 rings (SSSR count). The zero-order valence-electron chi connectivity index (χ0n) is 10.5. The number of ether oxygens (including phenoxy) is 1. The van der Waals surface area contributed by atoms with Crippen LogP contribution in [-0.2, 0) is 0 Å². The minimum atomic E-state index is 0.0216. The van der Waals surface area contributed by atoms with E-state index in [9.17, 15) is 0 Å². The Hall–Kier alpha value is -1.52. The number of nitrogens with two attached hydrogens (primary N) is 1. The van der Waals surface area contributed by atoms with E-state index in [0.29, 0.717) is 0 Å². The van der Waals surface area contributed by atoms with Gasteiger partial charge < -0.3 is 10.5 Å². The molecule has 94 valence electrons. The molecule has 1 aromatic heterocycles. The summed E-state index contributed by atoms with van der Waals surface area (Å²) < 4.78 is 5.19. The summed E-state index contributed by atoms with van der Waals surface area (Å²) in [5.41, 5.74) is 6.84. The first-order valence-electron chi connectivity index (χ1n) is 5.72. The Bertz CT molecular complexity index is 511. The monoisotopic (exact) mass is 260 g/mol. The largest absolute Gasteiger partial charge is 0.497 e. The van der Waals surface area contributed by atoms with Gasteiger partial charge in [0.25, 0.3) is 0 Å². The van der Waals surface area contributed by atoms with E-state index in [1.165, 1.54) is 0 Å². The molecule has 3 nitrogen and oxygen atoms in total. The molecule has 0 amide bonds. The molecular weight excluding hydrogens is 244 g/mol. The van der Waals surface area contributed by atoms with Gasteiger partial charge in [-0.3, -0.25) is 0 Å². The van der Waals surface area contributed by atoms with Crippen LogP contribution in [0.15, 0.2) is 52.5 Å². The fourth-order valence-corrected chi connectivity index (χ4v) is 2.31. The average molecular weight is 260 g/mol. The first kappa shape index (κ1) is 12.9. The second-order valence-corrected chi connectivity index (χ2v) is 5.09. The minimum absolute atomic E-state index is 0.0216. The molecule has 2 N–H and O–H groups in total. The Morgan fingerprint density at radius 3 is 2.72 bits per heavy atom. The van der Waals surface area contributed by atoms with Gasteiger partial charge in [0.1, 0.15) is 10.8 Å². The van der Waals surface area contributed by atoms with E-state index in [0.717, 1.165) is 21.2 Å². The molecule has 1 atom stereocenters. The third kappa shape index (κ3) is 3.24. The predicted molar refractivity (Wildman–Crippen MR) is 74.0 cm³/mol. The first-order valence-corrected chi connectivity index (χ1v) is 6.54. The number of hydrogen-bond acceptors (Lipinski definition) is 4. The van der Waals surface area contributed by atoms with E-state index in [1.807, 2.05) is 49.5 Å². The van der Waals surface area contributed by atoms with Crippen LogP contribution in [0.5, 0.6) is 5.75 Å². The van der Waals surface area contributed by atoms with Crippen LogP contribution in [0.4, 0.5) is 0 Å². The molecule has 1 aromatic carbocycles. The van der Waals surface area contributed by atoms with Crippen molar-refractivity contribution in [3.63, 3.8) is 0 Å². The molecule has 0 spiro atoms. The second-order valence-electron chi connectivity index (χ2n) is 4.00. The Morgan fingerprint density at radius 2 is 2.11 bits per heavy atom. The Morgan fingerprint density at radius 1 is 1.28 bits per heavy atom. The quantitative estimate of drug-likeness (QED) is 0.916. The minimum Gasteiger partial charge on any atom is -0.497 e. The molecule has 0 saturated heterocycles. The lowest BCUT2D eigenvalue weighted by atomic mass is 10.2. The van der Waals surface area contributed by atoms with Gasteiger partial charge in [-0.05, 0) is 36.8 Å². The number of pyridine rings is 1. The highest BCUT2D eigenvalue weighted by atomic mass is 32.2. The van der Waals surface area contributed by atoms with Crippen molar-refractivity contribution < 1.29 is 4.74 Å². The standard InChI is InChI=1S/C14H16N2OS/c1-10(15)11-6-7-14(16-9-11)18-13-5-3-4-12(8-13)17-2/h3-10H,15H2,1-2H3/t10-/m1/s1. The van der Waals surface area contributed by atoms with Crippen LogP contribution in [0.2, 0.25) is 0 Å². The van der Waals surface area contributed by atoms with Crippen molar-refractivity contribution in [2.24, 2.45) is 5.73 Å². The Kier molecular flexibility index (Phi) is 4.23. The predicted octanol–water partition coefficient (Wildman–Crippen LogP) is 3.26. The number of rotatable bonds is 4. The van der Waals surface area contributed by atoms with E-state index in [4.69, 9.17) is 10.5 Å². The number of benzene rings is 1. The zero-order chi connectivity index (χ0) is 13.0. The van der Waals surface area contributed by atoms with Crippen LogP contribution in [0.3, 0.4) is 0 Å². The topological polar surface area (TPSA) is 48.1 Å². The SMILES string of the molecule is COc1cccc(Sc2ccc([C@@H](C)N)cn2)c1. The lowest BCUT2D eigenvalue weighted by Gasteiger charge is -2.06. The van der Waals surface area contributed by atoms with Gasteiger partial charge in [-0.1, -0.05) is 23.9 Å². The van der Waals surface area contributed by atoms with Crippen LogP contribution in [0.1, 0.15) is 18.5 Å². The molecule has 0 unspecified atom stereocenters. The molecule has 2 aromatic rings. The lowest BCUT2D eigenvalue weighted by Crippen LogP contribution is -2.04. The Balaban J connectivity index is 2.13. The first-order chi connectivity index (χ1) is 8.69. The Labute approximate surface area is 111 Å². The van der Waals surface area contributed by atoms with Gasteiger partial charge in [-0.25, -0.2) is 4.98 Å². The number of hydrogen-bond donors (Lipinski definition) is 1. The summed E-state index contributed by atoms with van der Waals surface area (Å²) in [6, 6.07) is 11.9. The second kappa shape index (κ2) is 5.89. The fraction of sp³-hybridized carbons (Fsp3) is 0.214. The van der Waals surface area contributed by atoms with E-state index in [-0.39, 0.29) is 6.04 Å². The van der Waals surface area contributed by atoms with Gasteiger partial charge >= 0.3 is 0 Å².